The number of carboxylic acids is 2. The van der Waals surface area contributed by atoms with Crippen molar-refractivity contribution in [2.45, 2.75) is 82.4 Å². The number of nitrogens with two attached hydrogens (primary N) is 2. The number of aromatic carboxylic acids is 1. The van der Waals surface area contributed by atoms with Crippen LogP contribution in [0.2, 0.25) is 0 Å². The summed E-state index contributed by atoms with van der Waals surface area (Å²) in [6, 6.07) is -6.94. The van der Waals surface area contributed by atoms with Crippen LogP contribution in [0.1, 0.15) is 49.1 Å². The van der Waals surface area contributed by atoms with Gasteiger partial charge in [-0.05, 0) is 31.9 Å². The minimum absolute atomic E-state index is 0.00140. The minimum Gasteiger partial charge on any atom is -0.480 e. The Morgan fingerprint density at radius 1 is 0.979 bits per heavy atom. The number of amides is 4. The summed E-state index contributed by atoms with van der Waals surface area (Å²) in [5, 5.41) is 58.3. The second-order valence-corrected chi connectivity index (χ2v) is 10.9. The van der Waals surface area contributed by atoms with E-state index < -0.39 is 91.0 Å². The number of aliphatic hydroxyl groups is 2. The van der Waals surface area contributed by atoms with Gasteiger partial charge in [-0.1, -0.05) is 13.0 Å². The summed E-state index contributed by atoms with van der Waals surface area (Å²) in [5.41, 5.74) is 11.6. The zero-order chi connectivity index (χ0) is 35.6. The van der Waals surface area contributed by atoms with E-state index in [0.29, 0.717) is 12.1 Å². The first-order valence-corrected chi connectivity index (χ1v) is 14.6. The smallest absolute Gasteiger partial charge is 0.339 e. The molecular formula is C28H42N8O11. The highest BCUT2D eigenvalue weighted by Crippen LogP contribution is 2.18. The number of carbonyl (C=O) groups excluding carboxylic acids is 4. The van der Waals surface area contributed by atoms with Gasteiger partial charge in [-0.3, -0.25) is 24.6 Å². The first kappa shape index (κ1) is 38.3. The summed E-state index contributed by atoms with van der Waals surface area (Å²) in [5.74, 6) is -6.68. The number of nitrogens with one attached hydrogen (secondary N) is 6. The lowest BCUT2D eigenvalue weighted by atomic mass is 9.98. The van der Waals surface area contributed by atoms with Crippen molar-refractivity contribution in [2.75, 3.05) is 13.2 Å². The van der Waals surface area contributed by atoms with E-state index in [4.69, 9.17) is 21.3 Å². The van der Waals surface area contributed by atoms with Crippen LogP contribution in [0.15, 0.2) is 22.1 Å². The summed E-state index contributed by atoms with van der Waals surface area (Å²) in [7, 11) is 0. The van der Waals surface area contributed by atoms with Crippen LogP contribution in [0, 0.1) is 5.41 Å². The van der Waals surface area contributed by atoms with E-state index in [0.717, 1.165) is 6.07 Å². The Balaban J connectivity index is 2.12. The molecule has 14 N–H and O–H groups in total. The van der Waals surface area contributed by atoms with Gasteiger partial charge in [0.05, 0.1) is 18.8 Å². The highest BCUT2D eigenvalue weighted by molar-refractivity contribution is 5.96. The molecule has 1 aliphatic rings. The highest BCUT2D eigenvalue weighted by Gasteiger charge is 2.34. The second kappa shape index (κ2) is 17.2. The molecule has 19 heteroatoms. The van der Waals surface area contributed by atoms with Gasteiger partial charge < -0.3 is 62.9 Å². The van der Waals surface area contributed by atoms with Crippen LogP contribution in [0.3, 0.4) is 0 Å². The monoisotopic (exact) mass is 666 g/mol. The first-order chi connectivity index (χ1) is 22.0. The van der Waals surface area contributed by atoms with Crippen LogP contribution in [0.4, 0.5) is 0 Å². The Morgan fingerprint density at radius 2 is 1.57 bits per heavy atom. The fraction of sp³-hybridized carbons (Fsp3) is 0.536. The summed E-state index contributed by atoms with van der Waals surface area (Å²) < 4.78 is 5.42. The lowest BCUT2D eigenvalue weighted by Crippen LogP contribution is -2.59. The quantitative estimate of drug-likeness (QED) is 0.0404. The van der Waals surface area contributed by atoms with E-state index >= 15 is 0 Å². The predicted octanol–water partition coefficient (Wildman–Crippen LogP) is -3.95. The van der Waals surface area contributed by atoms with E-state index in [-0.39, 0.29) is 35.8 Å². The zero-order valence-electron chi connectivity index (χ0n) is 26.0. The van der Waals surface area contributed by atoms with Crippen molar-refractivity contribution in [2.24, 2.45) is 11.5 Å². The van der Waals surface area contributed by atoms with E-state index in [1.807, 2.05) is 0 Å². The molecule has 0 spiro atoms. The van der Waals surface area contributed by atoms with Crippen LogP contribution in [-0.4, -0.2) is 117 Å². The molecule has 0 radical (unpaired) electrons. The minimum atomic E-state index is -1.64. The van der Waals surface area contributed by atoms with Crippen molar-refractivity contribution in [1.29, 1.82) is 5.41 Å². The van der Waals surface area contributed by atoms with Gasteiger partial charge in [-0.15, -0.1) is 0 Å². The van der Waals surface area contributed by atoms with Crippen molar-refractivity contribution >= 4 is 41.4 Å². The van der Waals surface area contributed by atoms with Gasteiger partial charge >= 0.3 is 11.9 Å². The van der Waals surface area contributed by atoms with Crippen molar-refractivity contribution < 1.29 is 53.6 Å². The van der Waals surface area contributed by atoms with E-state index in [1.165, 1.54) is 13.8 Å². The molecule has 7 atom stereocenters. The molecular weight excluding hydrogens is 624 g/mol. The molecule has 19 nitrogen and oxygen atoms in total. The van der Waals surface area contributed by atoms with E-state index in [9.17, 15) is 49.2 Å². The topological polar surface area (TPSA) is 333 Å². The molecule has 1 aliphatic heterocycles. The number of hydrogen-bond acceptors (Lipinski definition) is 12. The van der Waals surface area contributed by atoms with Crippen molar-refractivity contribution in [3.8, 4) is 0 Å². The number of carboxylic acid groups (broad SMARTS) is 2. The number of aryl methyl sites for hydroxylation is 1. The van der Waals surface area contributed by atoms with Crippen molar-refractivity contribution in [3.63, 3.8) is 0 Å². The summed E-state index contributed by atoms with van der Waals surface area (Å²) in [4.78, 5) is 74.8. The molecule has 7 unspecified atom stereocenters. The Hall–Kier alpha value is -4.85. The third kappa shape index (κ3) is 10.6. The molecule has 0 fully saturated rings. The maximum Gasteiger partial charge on any atom is 0.339 e. The average molecular weight is 667 g/mol. The zero-order valence-corrected chi connectivity index (χ0v) is 26.0. The third-order valence-electron chi connectivity index (χ3n) is 7.26. The lowest BCUT2D eigenvalue weighted by Gasteiger charge is -2.26. The lowest BCUT2D eigenvalue weighted by molar-refractivity contribution is -0.142. The number of rotatable bonds is 18. The summed E-state index contributed by atoms with van der Waals surface area (Å²) in [6.45, 7) is 3.52. The van der Waals surface area contributed by atoms with E-state index in [2.05, 4.69) is 26.6 Å². The molecule has 0 aromatic carbocycles. The van der Waals surface area contributed by atoms with Crippen LogP contribution in [0.5, 0.6) is 0 Å². The largest absolute Gasteiger partial charge is 0.480 e. The van der Waals surface area contributed by atoms with Crippen LogP contribution in [0.25, 0.3) is 0 Å². The molecule has 1 aromatic rings. The van der Waals surface area contributed by atoms with Gasteiger partial charge in [0, 0.05) is 19.4 Å². The van der Waals surface area contributed by atoms with Gasteiger partial charge in [0.1, 0.15) is 53.1 Å². The molecule has 4 amide bonds. The first-order valence-electron chi connectivity index (χ1n) is 14.6. The standard InChI is InChI=1S/C28H42N8O11/c1-4-19-15(27(43)44)8-14(47-19)9-17(28(45)46)35-23(39)11(2)33-25(41)18(10-37)36-24(40)16(34-26(42)20(29)12(3)38)7-13-5-6-32-21(13)22(30)31/h5,8,11-12,16-18,20-21,32,37-38H,4,6-7,9-10,29H2,1-3H3,(H3,30,31)(H,33,41)(H,34,42)(H,35,39)(H,36,40)(H,43,44)(H,45,46). The fourth-order valence-electron chi connectivity index (χ4n) is 4.57. The molecule has 0 saturated carbocycles. The Labute approximate surface area is 269 Å². The predicted molar refractivity (Wildman–Crippen MR) is 163 cm³/mol. The van der Waals surface area contributed by atoms with Crippen molar-refractivity contribution in [3.05, 3.63) is 34.8 Å². The van der Waals surface area contributed by atoms with E-state index in [1.54, 1.807) is 13.0 Å². The van der Waals surface area contributed by atoms with Gasteiger partial charge in [0.25, 0.3) is 0 Å². The van der Waals surface area contributed by atoms with Crippen LogP contribution in [-0.2, 0) is 36.8 Å². The molecule has 2 rings (SSSR count). The number of aliphatic hydroxyl groups excluding tert-OH is 2. The Kier molecular flexibility index (Phi) is 14.0. The third-order valence-corrected chi connectivity index (χ3v) is 7.26. The molecule has 0 aliphatic carbocycles. The Bertz CT molecular complexity index is 1390. The average Bonchev–Trinajstić information content (AvgIpc) is 3.65. The molecule has 1 aromatic heterocycles. The van der Waals surface area contributed by atoms with Gasteiger partial charge in [-0.2, -0.15) is 0 Å². The molecule has 47 heavy (non-hydrogen) atoms. The number of aliphatic carboxylic acids is 1. The van der Waals surface area contributed by atoms with Gasteiger partial charge in [0.15, 0.2) is 0 Å². The van der Waals surface area contributed by atoms with Crippen LogP contribution >= 0.6 is 0 Å². The molecule has 0 saturated heterocycles. The normalized spacial score (nSPS) is 18.0. The second-order valence-electron chi connectivity index (χ2n) is 10.9. The molecule has 2 heterocycles. The summed E-state index contributed by atoms with van der Waals surface area (Å²) in [6.07, 6.45) is 0.0385. The SMILES string of the molecule is CCc1oc(CC(NC(=O)C(C)NC(=O)C(CO)NC(=O)C(CC2=CCNC2C(=N)N)NC(=O)C(N)C(C)O)C(=O)O)cc1C(=O)O. The fourth-order valence-corrected chi connectivity index (χ4v) is 4.57. The van der Waals surface area contributed by atoms with Crippen molar-refractivity contribution in [1.82, 2.24) is 26.6 Å². The van der Waals surface area contributed by atoms with Gasteiger partial charge in [-0.25, -0.2) is 9.59 Å². The molecule has 0 bridgehead atoms. The van der Waals surface area contributed by atoms with Gasteiger partial charge in [0.2, 0.25) is 23.6 Å². The number of hydrogen-bond donors (Lipinski definition) is 12. The molecule has 260 valence electrons. The summed E-state index contributed by atoms with van der Waals surface area (Å²) >= 11 is 0. The Morgan fingerprint density at radius 3 is 2.09 bits per heavy atom. The number of carbonyl (C=O) groups is 6. The number of amidine groups is 1. The highest BCUT2D eigenvalue weighted by atomic mass is 16.4. The maximum atomic E-state index is 13.3. The van der Waals surface area contributed by atoms with Crippen LogP contribution < -0.4 is 38.1 Å². The maximum absolute atomic E-state index is 13.3. The number of furan rings is 1.